The minimum absolute atomic E-state index is 0.149. The van der Waals surface area contributed by atoms with Gasteiger partial charge in [-0.2, -0.15) is 0 Å². The molecule has 0 aromatic carbocycles. The summed E-state index contributed by atoms with van der Waals surface area (Å²) in [6.45, 7) is 1.87. The monoisotopic (exact) mass is 230 g/mol. The highest BCUT2D eigenvalue weighted by atomic mass is 79.9. The molecule has 0 aromatic rings. The van der Waals surface area contributed by atoms with Crippen LogP contribution in [0.1, 0.15) is 6.92 Å². The van der Waals surface area contributed by atoms with Crippen LogP contribution in [-0.4, -0.2) is 22.0 Å². The van der Waals surface area contributed by atoms with Crippen molar-refractivity contribution in [1.29, 1.82) is 0 Å². The normalized spacial score (nSPS) is 59.0. The zero-order valence-electron chi connectivity index (χ0n) is 6.41. The minimum Gasteiger partial charge on any atom is -0.488 e. The van der Waals surface area contributed by atoms with E-state index in [4.69, 9.17) is 9.47 Å². The van der Waals surface area contributed by atoms with Crippen molar-refractivity contribution in [2.75, 3.05) is 0 Å². The molecule has 1 unspecified atom stereocenters. The number of rotatable bonds is 0. The van der Waals surface area contributed by atoms with Crippen molar-refractivity contribution < 1.29 is 14.3 Å². The van der Waals surface area contributed by atoms with Gasteiger partial charge in [-0.25, -0.2) is 0 Å². The van der Waals surface area contributed by atoms with Crippen molar-refractivity contribution in [3.05, 3.63) is 12.3 Å². The van der Waals surface area contributed by atoms with Gasteiger partial charge in [-0.1, -0.05) is 15.9 Å². The van der Waals surface area contributed by atoms with Gasteiger partial charge in [0.05, 0.1) is 12.2 Å². The number of hydrogen-bond donors (Lipinski definition) is 0. The zero-order valence-corrected chi connectivity index (χ0v) is 8.00. The predicted molar refractivity (Wildman–Crippen MR) is 43.7 cm³/mol. The number of alkyl halides is 1. The lowest BCUT2D eigenvalue weighted by molar-refractivity contribution is -0.145. The van der Waals surface area contributed by atoms with Gasteiger partial charge in [-0.3, -0.25) is 4.79 Å². The van der Waals surface area contributed by atoms with Crippen LogP contribution in [0.4, 0.5) is 0 Å². The van der Waals surface area contributed by atoms with Crippen LogP contribution in [0.5, 0.6) is 0 Å². The first-order chi connectivity index (χ1) is 5.64. The first-order valence-corrected chi connectivity index (χ1v) is 4.68. The average Bonchev–Trinajstić information content (AvgIpc) is 2.42. The quantitative estimate of drug-likeness (QED) is 0.460. The Morgan fingerprint density at radius 1 is 1.67 bits per heavy atom. The SMILES string of the molecule is CC1OC(=O)[C@]2(Br)[C@H]3C=CO[C@]132. The molecule has 2 heterocycles. The molecule has 1 aliphatic carbocycles. The number of halogens is 1. The Balaban J connectivity index is 2.14. The number of ether oxygens (including phenoxy) is 2. The molecule has 3 aliphatic rings. The molecule has 1 saturated heterocycles. The number of cyclic esters (lactones) is 1. The number of fused-ring (bicyclic) bond motifs is 1. The first-order valence-electron chi connectivity index (χ1n) is 3.88. The van der Waals surface area contributed by atoms with Crippen molar-refractivity contribution in [2.45, 2.75) is 23.0 Å². The molecule has 64 valence electrons. The second-order valence-electron chi connectivity index (χ2n) is 3.48. The van der Waals surface area contributed by atoms with Crippen LogP contribution >= 0.6 is 15.9 Å². The fourth-order valence-electron chi connectivity index (χ4n) is 2.39. The van der Waals surface area contributed by atoms with Crippen LogP contribution in [0.2, 0.25) is 0 Å². The van der Waals surface area contributed by atoms with Crippen LogP contribution < -0.4 is 0 Å². The van der Waals surface area contributed by atoms with E-state index in [2.05, 4.69) is 15.9 Å². The number of carbonyl (C=O) groups excluding carboxylic acids is 1. The second-order valence-corrected chi connectivity index (χ2v) is 4.73. The maximum absolute atomic E-state index is 11.4. The number of esters is 1. The van der Waals surface area contributed by atoms with Crippen LogP contribution in [0.15, 0.2) is 12.3 Å². The Labute approximate surface area is 77.8 Å². The summed E-state index contributed by atoms with van der Waals surface area (Å²) in [5.41, 5.74) is -0.427. The lowest BCUT2D eigenvalue weighted by Gasteiger charge is -2.15. The van der Waals surface area contributed by atoms with Gasteiger partial charge in [-0.05, 0) is 13.0 Å². The molecule has 1 spiro atoms. The molecule has 0 bridgehead atoms. The fraction of sp³-hybridized carbons (Fsp3) is 0.625. The number of hydrogen-bond acceptors (Lipinski definition) is 3. The first kappa shape index (κ1) is 6.95. The third-order valence-corrected chi connectivity index (χ3v) is 4.53. The summed E-state index contributed by atoms with van der Waals surface area (Å²) in [5.74, 6) is -0.0226. The molecule has 3 nitrogen and oxygen atoms in total. The molecule has 4 heteroatoms. The van der Waals surface area contributed by atoms with E-state index in [1.165, 1.54) is 0 Å². The van der Waals surface area contributed by atoms with Gasteiger partial charge in [0.25, 0.3) is 0 Å². The summed E-state index contributed by atoms with van der Waals surface area (Å²) in [5, 5.41) is 0. The molecule has 4 atom stereocenters. The highest BCUT2D eigenvalue weighted by Gasteiger charge is 2.90. The summed E-state index contributed by atoms with van der Waals surface area (Å²) >= 11 is 3.41. The number of carbonyl (C=O) groups is 1. The fourth-order valence-corrected chi connectivity index (χ4v) is 3.53. The smallest absolute Gasteiger partial charge is 0.328 e. The lowest BCUT2D eigenvalue weighted by atomic mass is 10.2. The van der Waals surface area contributed by atoms with Crippen molar-refractivity contribution >= 4 is 21.9 Å². The molecule has 0 N–H and O–H groups in total. The highest BCUT2D eigenvalue weighted by Crippen LogP contribution is 2.72. The van der Waals surface area contributed by atoms with E-state index < -0.39 is 9.93 Å². The van der Waals surface area contributed by atoms with Crippen LogP contribution in [0.25, 0.3) is 0 Å². The third-order valence-electron chi connectivity index (χ3n) is 3.09. The van der Waals surface area contributed by atoms with Gasteiger partial charge in [0.15, 0.2) is 9.93 Å². The van der Waals surface area contributed by atoms with Gasteiger partial charge >= 0.3 is 5.97 Å². The second kappa shape index (κ2) is 1.58. The van der Waals surface area contributed by atoms with E-state index in [0.29, 0.717) is 0 Å². The Morgan fingerprint density at radius 2 is 2.42 bits per heavy atom. The molecular formula is C8H7BrO3. The van der Waals surface area contributed by atoms with E-state index in [1.807, 2.05) is 13.0 Å². The predicted octanol–water partition coefficient (Wildman–Crippen LogP) is 0.978. The standard InChI is InChI=1S/C8H7BrO3/c1-4-8-5(2-3-11-8)7(8,9)6(10)12-4/h2-5H,1H3/t4?,5-,7-,8-/m1/s1. The van der Waals surface area contributed by atoms with Gasteiger partial charge in [-0.15, -0.1) is 0 Å². The summed E-state index contributed by atoms with van der Waals surface area (Å²) in [7, 11) is 0. The van der Waals surface area contributed by atoms with E-state index in [0.717, 1.165) is 0 Å². The molecule has 12 heavy (non-hydrogen) atoms. The largest absolute Gasteiger partial charge is 0.488 e. The van der Waals surface area contributed by atoms with Crippen LogP contribution in [0, 0.1) is 5.92 Å². The molecular weight excluding hydrogens is 224 g/mol. The van der Waals surface area contributed by atoms with Crippen molar-refractivity contribution in [1.82, 2.24) is 0 Å². The third kappa shape index (κ3) is 0.397. The molecule has 3 rings (SSSR count). The van der Waals surface area contributed by atoms with E-state index in [-0.39, 0.29) is 18.0 Å². The van der Waals surface area contributed by atoms with Gasteiger partial charge in [0.2, 0.25) is 0 Å². The maximum Gasteiger partial charge on any atom is 0.328 e. The Morgan fingerprint density at radius 3 is 3.00 bits per heavy atom. The summed E-state index contributed by atoms with van der Waals surface area (Å²) < 4.78 is 9.96. The molecule has 0 aromatic heterocycles. The van der Waals surface area contributed by atoms with Crippen molar-refractivity contribution in [2.24, 2.45) is 5.92 Å². The maximum atomic E-state index is 11.4. The Kier molecular flexibility index (Phi) is 0.912. The molecule has 1 saturated carbocycles. The van der Waals surface area contributed by atoms with E-state index in [9.17, 15) is 4.79 Å². The Hall–Kier alpha value is -0.510. The Bertz CT molecular complexity index is 313. The minimum atomic E-state index is -0.575. The topological polar surface area (TPSA) is 35.5 Å². The molecule has 2 fully saturated rings. The molecule has 2 aliphatic heterocycles. The zero-order chi connectivity index (χ0) is 8.56. The van der Waals surface area contributed by atoms with Gasteiger partial charge in [0, 0.05) is 0 Å². The van der Waals surface area contributed by atoms with Crippen LogP contribution in [-0.2, 0) is 14.3 Å². The highest BCUT2D eigenvalue weighted by molar-refractivity contribution is 9.10. The molecule has 0 radical (unpaired) electrons. The summed E-state index contributed by atoms with van der Waals surface area (Å²) in [6, 6.07) is 0. The summed E-state index contributed by atoms with van der Waals surface area (Å²) in [4.78, 5) is 11.4. The van der Waals surface area contributed by atoms with Crippen LogP contribution in [0.3, 0.4) is 0 Å². The van der Waals surface area contributed by atoms with E-state index >= 15 is 0 Å². The van der Waals surface area contributed by atoms with Crippen molar-refractivity contribution in [3.63, 3.8) is 0 Å². The van der Waals surface area contributed by atoms with Gasteiger partial charge in [0.1, 0.15) is 6.10 Å². The van der Waals surface area contributed by atoms with Crippen molar-refractivity contribution in [3.8, 4) is 0 Å². The van der Waals surface area contributed by atoms with Gasteiger partial charge < -0.3 is 9.47 Å². The lowest BCUT2D eigenvalue weighted by Crippen LogP contribution is -2.28. The van der Waals surface area contributed by atoms with E-state index in [1.54, 1.807) is 6.26 Å². The average molecular weight is 231 g/mol. The molecule has 0 amide bonds. The summed E-state index contributed by atoms with van der Waals surface area (Å²) in [6.07, 6.45) is 3.43.